The van der Waals surface area contributed by atoms with Crippen LogP contribution in [-0.4, -0.2) is 30.2 Å². The zero-order chi connectivity index (χ0) is 19.7. The van der Waals surface area contributed by atoms with E-state index in [1.807, 2.05) is 12.3 Å². The molecule has 1 aromatic carbocycles. The molecule has 3 heterocycles. The van der Waals surface area contributed by atoms with Crippen LogP contribution in [0.3, 0.4) is 0 Å². The number of carbonyl (C=O) groups is 1. The van der Waals surface area contributed by atoms with E-state index in [-0.39, 0.29) is 11.5 Å². The number of amides is 1. The van der Waals surface area contributed by atoms with Crippen LogP contribution < -0.4 is 11.3 Å². The van der Waals surface area contributed by atoms with Gasteiger partial charge in [0.1, 0.15) is 5.82 Å². The second-order valence-electron chi connectivity index (χ2n) is 6.40. The van der Waals surface area contributed by atoms with E-state index in [4.69, 9.17) is 17.3 Å². The summed E-state index contributed by atoms with van der Waals surface area (Å²) in [6, 6.07) is 7.13. The molecular weight excluding hydrogens is 380 g/mol. The Hall–Kier alpha value is -3.39. The number of nitrogens with zero attached hydrogens (tertiary/aromatic N) is 4. The number of fused-ring (bicyclic) bond motifs is 1. The standard InChI is InChI=1S/C19H17ClN6O2/c20-13-4-3-12-8-15(19(28)24-16(12)9-13)18-22-5-7-26(18)14-10-23-25(11-14)6-1-2-17(21)27/h3-5,7-11H,1-2,6H2,(H2,21,27)(H,24,28). The van der Waals surface area contributed by atoms with Gasteiger partial charge in [-0.1, -0.05) is 17.7 Å². The predicted molar refractivity (Wildman–Crippen MR) is 106 cm³/mol. The van der Waals surface area contributed by atoms with Crippen molar-refractivity contribution in [1.82, 2.24) is 24.3 Å². The summed E-state index contributed by atoms with van der Waals surface area (Å²) in [6.45, 7) is 0.574. The molecule has 0 radical (unpaired) electrons. The Morgan fingerprint density at radius 2 is 2.14 bits per heavy atom. The highest BCUT2D eigenvalue weighted by Gasteiger charge is 2.14. The molecule has 0 saturated carbocycles. The molecule has 4 aromatic rings. The second kappa shape index (κ2) is 7.32. The van der Waals surface area contributed by atoms with Gasteiger partial charge in [0.15, 0.2) is 0 Å². The smallest absolute Gasteiger partial charge is 0.259 e. The molecule has 8 nitrogen and oxygen atoms in total. The number of rotatable bonds is 6. The largest absolute Gasteiger partial charge is 0.370 e. The number of H-pyrrole nitrogens is 1. The minimum Gasteiger partial charge on any atom is -0.370 e. The first-order chi connectivity index (χ1) is 13.5. The number of hydrogen-bond acceptors (Lipinski definition) is 4. The zero-order valence-corrected chi connectivity index (χ0v) is 15.6. The summed E-state index contributed by atoms with van der Waals surface area (Å²) >= 11 is 6.00. The number of primary amides is 1. The highest BCUT2D eigenvalue weighted by atomic mass is 35.5. The van der Waals surface area contributed by atoms with Gasteiger partial charge < -0.3 is 10.7 Å². The van der Waals surface area contributed by atoms with E-state index in [0.29, 0.717) is 41.3 Å². The van der Waals surface area contributed by atoms with E-state index in [1.54, 1.807) is 46.0 Å². The van der Waals surface area contributed by atoms with Gasteiger partial charge in [-0.15, -0.1) is 0 Å². The lowest BCUT2D eigenvalue weighted by molar-refractivity contribution is -0.118. The quantitative estimate of drug-likeness (QED) is 0.521. The van der Waals surface area contributed by atoms with Crippen molar-refractivity contribution in [3.63, 3.8) is 0 Å². The molecular formula is C19H17ClN6O2. The number of halogens is 1. The van der Waals surface area contributed by atoms with Crippen LogP contribution in [0, 0.1) is 0 Å². The molecule has 0 aliphatic rings. The summed E-state index contributed by atoms with van der Waals surface area (Å²) in [5, 5.41) is 5.71. The van der Waals surface area contributed by atoms with Gasteiger partial charge in [-0.2, -0.15) is 5.10 Å². The van der Waals surface area contributed by atoms with Gasteiger partial charge in [0, 0.05) is 42.1 Å². The fourth-order valence-electron chi connectivity index (χ4n) is 3.07. The summed E-state index contributed by atoms with van der Waals surface area (Å²) in [6.07, 6.45) is 7.84. The molecule has 3 aromatic heterocycles. The highest BCUT2D eigenvalue weighted by molar-refractivity contribution is 6.31. The number of nitrogens with two attached hydrogens (primary N) is 1. The molecule has 0 spiro atoms. The number of hydrogen-bond donors (Lipinski definition) is 2. The van der Waals surface area contributed by atoms with Crippen LogP contribution >= 0.6 is 11.6 Å². The van der Waals surface area contributed by atoms with E-state index in [1.165, 1.54) is 0 Å². The summed E-state index contributed by atoms with van der Waals surface area (Å²) < 4.78 is 3.53. The van der Waals surface area contributed by atoms with Crippen LogP contribution in [-0.2, 0) is 11.3 Å². The van der Waals surface area contributed by atoms with Crippen LogP contribution in [0.2, 0.25) is 5.02 Å². The van der Waals surface area contributed by atoms with E-state index >= 15 is 0 Å². The van der Waals surface area contributed by atoms with Gasteiger partial charge in [-0.3, -0.25) is 18.8 Å². The number of aromatic nitrogens is 5. The van der Waals surface area contributed by atoms with Crippen molar-refractivity contribution in [2.24, 2.45) is 5.73 Å². The molecule has 1 amide bonds. The molecule has 4 rings (SSSR count). The Morgan fingerprint density at radius 1 is 1.29 bits per heavy atom. The SMILES string of the molecule is NC(=O)CCCn1cc(-n2ccnc2-c2cc3ccc(Cl)cc3[nH]c2=O)cn1. The van der Waals surface area contributed by atoms with Gasteiger partial charge in [-0.05, 0) is 30.0 Å². The Bertz CT molecular complexity index is 1220. The lowest BCUT2D eigenvalue weighted by atomic mass is 10.1. The van der Waals surface area contributed by atoms with Crippen LogP contribution in [0.1, 0.15) is 12.8 Å². The fraction of sp³-hybridized carbons (Fsp3) is 0.158. The topological polar surface area (TPSA) is 112 Å². The molecule has 0 saturated heterocycles. The van der Waals surface area contributed by atoms with Gasteiger partial charge in [0.2, 0.25) is 5.91 Å². The third kappa shape index (κ3) is 3.54. The van der Waals surface area contributed by atoms with Gasteiger partial charge in [0.05, 0.1) is 17.4 Å². The van der Waals surface area contributed by atoms with Crippen molar-refractivity contribution in [3.05, 3.63) is 64.4 Å². The maximum atomic E-state index is 12.6. The first kappa shape index (κ1) is 18.0. The van der Waals surface area contributed by atoms with Crippen molar-refractivity contribution < 1.29 is 4.79 Å². The summed E-state index contributed by atoms with van der Waals surface area (Å²) in [4.78, 5) is 30.7. The van der Waals surface area contributed by atoms with Gasteiger partial charge >= 0.3 is 0 Å². The Balaban J connectivity index is 1.68. The van der Waals surface area contributed by atoms with E-state index in [9.17, 15) is 9.59 Å². The molecule has 0 aliphatic carbocycles. The molecule has 0 fully saturated rings. The van der Waals surface area contributed by atoms with Crippen molar-refractivity contribution >= 4 is 28.4 Å². The van der Waals surface area contributed by atoms with Crippen molar-refractivity contribution in [1.29, 1.82) is 0 Å². The van der Waals surface area contributed by atoms with E-state index < -0.39 is 0 Å². The van der Waals surface area contributed by atoms with Gasteiger partial charge in [0.25, 0.3) is 5.56 Å². The van der Waals surface area contributed by atoms with Crippen molar-refractivity contribution in [2.45, 2.75) is 19.4 Å². The first-order valence-electron chi connectivity index (χ1n) is 8.69. The number of aromatic amines is 1. The summed E-state index contributed by atoms with van der Waals surface area (Å²) in [5.74, 6) is 0.177. The minimum absolute atomic E-state index is 0.254. The molecule has 142 valence electrons. The van der Waals surface area contributed by atoms with Crippen LogP contribution in [0.25, 0.3) is 28.0 Å². The number of carbonyl (C=O) groups excluding carboxylic acids is 1. The number of nitrogens with one attached hydrogen (secondary N) is 1. The number of pyridine rings is 1. The maximum absolute atomic E-state index is 12.6. The zero-order valence-electron chi connectivity index (χ0n) is 14.8. The summed E-state index contributed by atoms with van der Waals surface area (Å²) in [7, 11) is 0. The Labute approximate surface area is 164 Å². The van der Waals surface area contributed by atoms with Crippen LogP contribution in [0.15, 0.2) is 53.8 Å². The molecule has 9 heteroatoms. The number of aryl methyl sites for hydroxylation is 1. The normalized spacial score (nSPS) is 11.2. The summed E-state index contributed by atoms with van der Waals surface area (Å²) in [5.41, 5.74) is 6.79. The fourth-order valence-corrected chi connectivity index (χ4v) is 3.24. The number of imidazole rings is 1. The lowest BCUT2D eigenvalue weighted by Crippen LogP contribution is -2.12. The van der Waals surface area contributed by atoms with Crippen LogP contribution in [0.5, 0.6) is 0 Å². The molecule has 0 aliphatic heterocycles. The molecule has 28 heavy (non-hydrogen) atoms. The maximum Gasteiger partial charge on any atom is 0.259 e. The average Bonchev–Trinajstić information content (AvgIpc) is 3.29. The molecule has 0 bridgehead atoms. The monoisotopic (exact) mass is 396 g/mol. The van der Waals surface area contributed by atoms with Crippen molar-refractivity contribution in [3.8, 4) is 17.1 Å². The lowest BCUT2D eigenvalue weighted by Gasteiger charge is -2.06. The third-order valence-corrected chi connectivity index (χ3v) is 4.63. The van der Waals surface area contributed by atoms with E-state index in [0.717, 1.165) is 11.1 Å². The third-order valence-electron chi connectivity index (χ3n) is 4.40. The van der Waals surface area contributed by atoms with Gasteiger partial charge in [-0.25, -0.2) is 4.98 Å². The molecule has 0 unspecified atom stereocenters. The first-order valence-corrected chi connectivity index (χ1v) is 9.06. The molecule has 0 atom stereocenters. The van der Waals surface area contributed by atoms with Crippen LogP contribution in [0.4, 0.5) is 0 Å². The Morgan fingerprint density at radius 3 is 2.96 bits per heavy atom. The molecule has 3 N–H and O–H groups in total. The minimum atomic E-state index is -0.332. The van der Waals surface area contributed by atoms with Crippen molar-refractivity contribution in [2.75, 3.05) is 0 Å². The predicted octanol–water partition coefficient (Wildman–Crippen LogP) is 2.50. The average molecular weight is 397 g/mol. The number of benzene rings is 1. The second-order valence-corrected chi connectivity index (χ2v) is 6.83. The highest BCUT2D eigenvalue weighted by Crippen LogP contribution is 2.23. The van der Waals surface area contributed by atoms with E-state index in [2.05, 4.69) is 15.1 Å². The Kier molecular flexibility index (Phi) is 4.70.